The van der Waals surface area contributed by atoms with Gasteiger partial charge in [-0.2, -0.15) is 0 Å². The maximum Gasteiger partial charge on any atom is 0.250 e. The molecule has 0 amide bonds. The van der Waals surface area contributed by atoms with Gasteiger partial charge in [0.2, 0.25) is 0 Å². The molecule has 0 radical (unpaired) electrons. The molecule has 5 nitrogen and oxygen atoms in total. The summed E-state index contributed by atoms with van der Waals surface area (Å²) in [5.41, 5.74) is 2.06. The fraction of sp³-hybridized carbons (Fsp3) is 0.368. The van der Waals surface area contributed by atoms with E-state index in [-0.39, 0.29) is 5.56 Å². The zero-order chi connectivity index (χ0) is 18.3. The average Bonchev–Trinajstić information content (AvgIpc) is 2.63. The normalized spacial score (nSPS) is 21.1. The van der Waals surface area contributed by atoms with Crippen LogP contribution in [0.5, 0.6) is 5.75 Å². The van der Waals surface area contributed by atoms with E-state index in [9.17, 15) is 4.79 Å². The number of hydrogen-bond donors (Lipinski definition) is 1. The van der Waals surface area contributed by atoms with Crippen LogP contribution in [0.2, 0.25) is 5.02 Å². The van der Waals surface area contributed by atoms with Crippen molar-refractivity contribution >= 4 is 34.6 Å². The van der Waals surface area contributed by atoms with Crippen LogP contribution >= 0.6 is 23.8 Å². The lowest BCUT2D eigenvalue weighted by Crippen LogP contribution is -2.50. The number of likely N-dealkylation sites (tertiary alicyclic amines) is 1. The van der Waals surface area contributed by atoms with Gasteiger partial charge in [0.05, 0.1) is 12.1 Å². The fourth-order valence-electron chi connectivity index (χ4n) is 4.01. The summed E-state index contributed by atoms with van der Waals surface area (Å²) in [6.07, 6.45) is 1.11. The Hall–Kier alpha value is -2.05. The third-order valence-electron chi connectivity index (χ3n) is 5.17. The van der Waals surface area contributed by atoms with Gasteiger partial charge in [-0.25, -0.2) is 0 Å². The van der Waals surface area contributed by atoms with E-state index in [0.29, 0.717) is 27.7 Å². The van der Waals surface area contributed by atoms with Gasteiger partial charge in [0, 0.05) is 43.0 Å². The van der Waals surface area contributed by atoms with Gasteiger partial charge in [-0.15, -0.1) is 0 Å². The van der Waals surface area contributed by atoms with Crippen molar-refractivity contribution in [2.45, 2.75) is 18.9 Å². The third kappa shape index (κ3) is 3.19. The minimum absolute atomic E-state index is 0.0965. The Kier molecular flexibility index (Phi) is 4.63. The molecule has 2 aliphatic heterocycles. The van der Waals surface area contributed by atoms with Crippen LogP contribution in [0, 0.1) is 5.92 Å². The van der Waals surface area contributed by atoms with E-state index >= 15 is 0 Å². The highest BCUT2D eigenvalue weighted by molar-refractivity contribution is 7.80. The third-order valence-corrected chi connectivity index (χ3v) is 5.83. The number of halogens is 1. The van der Waals surface area contributed by atoms with E-state index in [0.717, 1.165) is 37.4 Å². The first kappa shape index (κ1) is 17.4. The average molecular weight is 390 g/mol. The quantitative estimate of drug-likeness (QED) is 0.798. The van der Waals surface area contributed by atoms with Crippen molar-refractivity contribution in [1.29, 1.82) is 0 Å². The molecule has 136 valence electrons. The van der Waals surface area contributed by atoms with E-state index in [1.165, 1.54) is 0 Å². The molecule has 26 heavy (non-hydrogen) atoms. The molecule has 7 heteroatoms. The minimum Gasteiger partial charge on any atom is -0.495 e. The molecule has 4 rings (SSSR count). The number of nitrogens with one attached hydrogen (secondary N) is 1. The number of ether oxygens (including phenoxy) is 1. The lowest BCUT2D eigenvalue weighted by atomic mass is 9.83. The SMILES string of the molecule is COc1ccc(NC(=S)N2C[C@H]3C[C@@H](C2)c2cccc(=O)n2C3)cc1Cl. The van der Waals surface area contributed by atoms with Crippen molar-refractivity contribution in [3.05, 3.63) is 57.5 Å². The van der Waals surface area contributed by atoms with E-state index in [1.54, 1.807) is 13.2 Å². The highest BCUT2D eigenvalue weighted by Crippen LogP contribution is 2.35. The predicted octanol–water partition coefficient (Wildman–Crippen LogP) is 3.33. The van der Waals surface area contributed by atoms with Crippen LogP contribution in [0.4, 0.5) is 5.69 Å². The molecule has 0 aliphatic carbocycles. The molecule has 2 aliphatic rings. The summed E-state index contributed by atoms with van der Waals surface area (Å²) in [7, 11) is 1.59. The van der Waals surface area contributed by atoms with Crippen molar-refractivity contribution in [3.63, 3.8) is 0 Å². The van der Waals surface area contributed by atoms with Gasteiger partial charge in [0.15, 0.2) is 5.11 Å². The molecular formula is C19H20ClN3O2S. The summed E-state index contributed by atoms with van der Waals surface area (Å²) in [5, 5.41) is 4.51. The van der Waals surface area contributed by atoms with Crippen LogP contribution in [0.25, 0.3) is 0 Å². The predicted molar refractivity (Wildman–Crippen MR) is 107 cm³/mol. The molecular weight excluding hydrogens is 370 g/mol. The highest BCUT2D eigenvalue weighted by atomic mass is 35.5. The maximum absolute atomic E-state index is 12.1. The summed E-state index contributed by atoms with van der Waals surface area (Å²) >= 11 is 11.8. The second kappa shape index (κ2) is 6.93. The zero-order valence-electron chi connectivity index (χ0n) is 14.4. The molecule has 0 spiro atoms. The highest BCUT2D eigenvalue weighted by Gasteiger charge is 2.35. The van der Waals surface area contributed by atoms with Gasteiger partial charge < -0.3 is 19.5 Å². The van der Waals surface area contributed by atoms with Gasteiger partial charge in [0.25, 0.3) is 5.56 Å². The van der Waals surface area contributed by atoms with Crippen molar-refractivity contribution in [2.24, 2.45) is 5.92 Å². The molecule has 2 aromatic rings. The number of anilines is 1. The molecule has 2 atom stereocenters. The number of methoxy groups -OCH3 is 1. The molecule has 0 saturated carbocycles. The maximum atomic E-state index is 12.1. The van der Waals surface area contributed by atoms with Crippen LogP contribution in [0.3, 0.4) is 0 Å². The van der Waals surface area contributed by atoms with Crippen LogP contribution in [-0.4, -0.2) is 34.8 Å². The Bertz CT molecular complexity index is 914. The number of thiocarbonyl (C=S) groups is 1. The molecule has 1 saturated heterocycles. The first-order chi connectivity index (χ1) is 12.5. The largest absolute Gasteiger partial charge is 0.495 e. The monoisotopic (exact) mass is 389 g/mol. The lowest BCUT2D eigenvalue weighted by Gasteiger charge is -2.43. The Morgan fingerprint density at radius 2 is 2.12 bits per heavy atom. The minimum atomic E-state index is 0.0965. The molecule has 0 unspecified atom stereocenters. The van der Waals surface area contributed by atoms with Crippen molar-refractivity contribution < 1.29 is 4.74 Å². The van der Waals surface area contributed by atoms with E-state index in [4.69, 9.17) is 28.6 Å². The summed E-state index contributed by atoms with van der Waals surface area (Å²) in [5.74, 6) is 1.40. The summed E-state index contributed by atoms with van der Waals surface area (Å²) < 4.78 is 7.11. The van der Waals surface area contributed by atoms with Crippen molar-refractivity contribution in [1.82, 2.24) is 9.47 Å². The molecule has 2 bridgehead atoms. The second-order valence-corrected chi connectivity index (χ2v) is 7.68. The number of benzene rings is 1. The lowest BCUT2D eigenvalue weighted by molar-refractivity contribution is 0.180. The number of piperidine rings is 1. The Morgan fingerprint density at radius 1 is 1.27 bits per heavy atom. The van der Waals surface area contributed by atoms with Gasteiger partial charge in [-0.05, 0) is 48.8 Å². The number of rotatable bonds is 2. The topological polar surface area (TPSA) is 46.5 Å². The molecule has 1 aromatic heterocycles. The van der Waals surface area contributed by atoms with E-state index in [2.05, 4.69) is 16.3 Å². The summed E-state index contributed by atoms with van der Waals surface area (Å²) in [6, 6.07) is 11.1. The van der Waals surface area contributed by atoms with E-state index < -0.39 is 0 Å². The Labute approximate surface area is 162 Å². The summed E-state index contributed by atoms with van der Waals surface area (Å²) in [4.78, 5) is 14.3. The van der Waals surface area contributed by atoms with Crippen LogP contribution < -0.4 is 15.6 Å². The van der Waals surface area contributed by atoms with Crippen molar-refractivity contribution in [2.75, 3.05) is 25.5 Å². The second-order valence-electron chi connectivity index (χ2n) is 6.88. The van der Waals surface area contributed by atoms with Gasteiger partial charge >= 0.3 is 0 Å². The fourth-order valence-corrected chi connectivity index (χ4v) is 4.53. The van der Waals surface area contributed by atoms with Crippen LogP contribution in [0.15, 0.2) is 41.2 Å². The molecule has 3 heterocycles. The number of nitrogens with zero attached hydrogens (tertiary/aromatic N) is 2. The first-order valence-corrected chi connectivity index (χ1v) is 9.43. The molecule has 1 aromatic carbocycles. The van der Waals surface area contributed by atoms with Crippen molar-refractivity contribution in [3.8, 4) is 5.75 Å². The van der Waals surface area contributed by atoms with E-state index in [1.807, 2.05) is 28.8 Å². The number of fused-ring (bicyclic) bond motifs is 4. The smallest absolute Gasteiger partial charge is 0.250 e. The van der Waals surface area contributed by atoms with Gasteiger partial charge in [-0.1, -0.05) is 17.7 Å². The van der Waals surface area contributed by atoms with Crippen LogP contribution in [0.1, 0.15) is 18.0 Å². The van der Waals surface area contributed by atoms with Crippen LogP contribution in [-0.2, 0) is 6.54 Å². The first-order valence-electron chi connectivity index (χ1n) is 8.64. The Morgan fingerprint density at radius 3 is 2.88 bits per heavy atom. The summed E-state index contributed by atoms with van der Waals surface area (Å²) in [6.45, 7) is 2.43. The van der Waals surface area contributed by atoms with Gasteiger partial charge in [-0.3, -0.25) is 4.79 Å². The Balaban J connectivity index is 1.51. The number of pyridine rings is 1. The zero-order valence-corrected chi connectivity index (χ0v) is 16.0. The molecule has 1 N–H and O–H groups in total. The number of hydrogen-bond acceptors (Lipinski definition) is 3. The standard InChI is InChI=1S/C19H20ClN3O2S/c1-25-17-6-5-14(8-15(17)20)21-19(26)22-9-12-7-13(11-22)16-3-2-4-18(24)23(16)10-12/h2-6,8,12-13H,7,9-11H2,1H3,(H,21,26)/t12-,13+/m1/s1. The van der Waals surface area contributed by atoms with Gasteiger partial charge in [0.1, 0.15) is 5.75 Å². The molecule has 1 fully saturated rings. The number of aromatic nitrogens is 1.